The Kier molecular flexibility index (Phi) is 6.54. The minimum absolute atomic E-state index is 0.143. The normalized spacial score (nSPS) is 11.8. The van der Waals surface area contributed by atoms with Gasteiger partial charge in [-0.15, -0.1) is 11.3 Å². The zero-order chi connectivity index (χ0) is 21.6. The summed E-state index contributed by atoms with van der Waals surface area (Å²) in [6, 6.07) is 16.7. The van der Waals surface area contributed by atoms with Gasteiger partial charge in [0.05, 0.1) is 10.6 Å². The van der Waals surface area contributed by atoms with Gasteiger partial charge in [0, 0.05) is 12.7 Å². The molecule has 3 aromatic heterocycles. The summed E-state index contributed by atoms with van der Waals surface area (Å²) in [7, 11) is 0. The Morgan fingerprint density at radius 1 is 1.26 bits per heavy atom. The first-order valence-electron chi connectivity index (χ1n) is 9.72. The van der Waals surface area contributed by atoms with E-state index in [0.29, 0.717) is 23.7 Å². The molecule has 0 fully saturated rings. The number of thiophene rings is 1. The van der Waals surface area contributed by atoms with E-state index in [4.69, 9.17) is 17.0 Å². The number of nitrogens with zero attached hydrogens (tertiary/aromatic N) is 3. The summed E-state index contributed by atoms with van der Waals surface area (Å²) >= 11 is 6.90. The molecule has 1 amide bonds. The molecule has 7 nitrogen and oxygen atoms in total. The molecule has 2 N–H and O–H groups in total. The first kappa shape index (κ1) is 21.0. The number of hydrogen-bond acceptors (Lipinski definition) is 6. The smallest absolute Gasteiger partial charge is 0.243 e. The van der Waals surface area contributed by atoms with Gasteiger partial charge in [-0.25, -0.2) is 0 Å². The van der Waals surface area contributed by atoms with E-state index in [0.717, 1.165) is 21.9 Å². The van der Waals surface area contributed by atoms with E-state index in [9.17, 15) is 4.79 Å². The van der Waals surface area contributed by atoms with Crippen molar-refractivity contribution in [3.05, 3.63) is 82.2 Å². The number of rotatable bonds is 8. The maximum atomic E-state index is 12.8. The molecule has 158 valence electrons. The SMILES string of the molecule is CC(C(=O)NCc1cccc(OCc2ccccn2)c1)n1c(-c2cccs2)n[nH]c1=S. The molecule has 0 radical (unpaired) electrons. The van der Waals surface area contributed by atoms with Gasteiger partial charge >= 0.3 is 0 Å². The van der Waals surface area contributed by atoms with Crippen LogP contribution in [0.25, 0.3) is 10.7 Å². The first-order valence-corrected chi connectivity index (χ1v) is 11.0. The Morgan fingerprint density at radius 2 is 2.16 bits per heavy atom. The Morgan fingerprint density at radius 3 is 2.94 bits per heavy atom. The van der Waals surface area contributed by atoms with Gasteiger partial charge in [-0.1, -0.05) is 24.3 Å². The van der Waals surface area contributed by atoms with Crippen molar-refractivity contribution in [3.8, 4) is 16.5 Å². The molecule has 0 aliphatic heterocycles. The van der Waals surface area contributed by atoms with Crippen LogP contribution < -0.4 is 10.1 Å². The third kappa shape index (κ3) is 5.07. The number of benzene rings is 1. The van der Waals surface area contributed by atoms with Crippen LogP contribution >= 0.6 is 23.6 Å². The number of ether oxygens (including phenoxy) is 1. The zero-order valence-corrected chi connectivity index (χ0v) is 18.5. The van der Waals surface area contributed by atoms with Crippen LogP contribution in [0, 0.1) is 4.77 Å². The average molecular weight is 452 g/mol. The molecule has 4 aromatic rings. The van der Waals surface area contributed by atoms with Crippen LogP contribution in [0.1, 0.15) is 24.2 Å². The van der Waals surface area contributed by atoms with E-state index in [1.54, 1.807) is 22.1 Å². The Hall–Kier alpha value is -3.30. The second-order valence-electron chi connectivity index (χ2n) is 6.85. The zero-order valence-electron chi connectivity index (χ0n) is 16.8. The maximum Gasteiger partial charge on any atom is 0.243 e. The molecule has 31 heavy (non-hydrogen) atoms. The van der Waals surface area contributed by atoms with Crippen molar-refractivity contribution < 1.29 is 9.53 Å². The summed E-state index contributed by atoms with van der Waals surface area (Å²) in [5.74, 6) is 1.24. The Labute approximate surface area is 188 Å². The van der Waals surface area contributed by atoms with Crippen LogP contribution in [-0.2, 0) is 17.9 Å². The second-order valence-corrected chi connectivity index (χ2v) is 8.18. The highest BCUT2D eigenvalue weighted by atomic mass is 32.1. The molecular weight excluding hydrogens is 430 g/mol. The van der Waals surface area contributed by atoms with Gasteiger partial charge < -0.3 is 10.1 Å². The first-order chi connectivity index (χ1) is 15.1. The van der Waals surface area contributed by atoms with E-state index < -0.39 is 6.04 Å². The summed E-state index contributed by atoms with van der Waals surface area (Å²) in [6.45, 7) is 2.57. The van der Waals surface area contributed by atoms with E-state index in [1.165, 1.54) is 0 Å². The Balaban J connectivity index is 1.39. The molecule has 0 bridgehead atoms. The Bertz CT molecular complexity index is 1200. The number of aromatic amines is 1. The minimum Gasteiger partial charge on any atom is -0.487 e. The van der Waals surface area contributed by atoms with Gasteiger partial charge in [-0.3, -0.25) is 19.4 Å². The van der Waals surface area contributed by atoms with E-state index in [2.05, 4.69) is 20.5 Å². The fourth-order valence-electron chi connectivity index (χ4n) is 3.08. The molecule has 3 heterocycles. The summed E-state index contributed by atoms with van der Waals surface area (Å²) in [4.78, 5) is 18.0. The highest BCUT2D eigenvalue weighted by Crippen LogP contribution is 2.25. The van der Waals surface area contributed by atoms with Crippen LogP contribution in [-0.4, -0.2) is 25.7 Å². The highest BCUT2D eigenvalue weighted by Gasteiger charge is 2.21. The van der Waals surface area contributed by atoms with Crippen LogP contribution in [0.15, 0.2) is 66.2 Å². The van der Waals surface area contributed by atoms with Crippen molar-refractivity contribution in [2.75, 3.05) is 0 Å². The van der Waals surface area contributed by atoms with Crippen molar-refractivity contribution in [2.45, 2.75) is 26.1 Å². The lowest BCUT2D eigenvalue weighted by atomic mass is 10.2. The van der Waals surface area contributed by atoms with Gasteiger partial charge in [0.2, 0.25) is 5.91 Å². The predicted octanol–water partition coefficient (Wildman–Crippen LogP) is 4.52. The molecule has 0 spiro atoms. The molecule has 0 saturated carbocycles. The number of pyridine rings is 1. The van der Waals surface area contributed by atoms with E-state index >= 15 is 0 Å². The number of amides is 1. The fourth-order valence-corrected chi connectivity index (χ4v) is 4.08. The topological polar surface area (TPSA) is 84.8 Å². The maximum absolute atomic E-state index is 12.8. The lowest BCUT2D eigenvalue weighted by Gasteiger charge is -2.15. The summed E-state index contributed by atoms with van der Waals surface area (Å²) in [6.07, 6.45) is 1.74. The van der Waals surface area contributed by atoms with Crippen LogP contribution in [0.2, 0.25) is 0 Å². The third-order valence-electron chi connectivity index (χ3n) is 4.69. The quantitative estimate of drug-likeness (QED) is 0.385. The van der Waals surface area contributed by atoms with Crippen LogP contribution in [0.3, 0.4) is 0 Å². The van der Waals surface area contributed by atoms with Crippen molar-refractivity contribution in [1.82, 2.24) is 25.1 Å². The minimum atomic E-state index is -0.507. The molecule has 4 rings (SSSR count). The van der Waals surface area contributed by atoms with Gasteiger partial charge in [-0.05, 0) is 60.4 Å². The van der Waals surface area contributed by atoms with Crippen LogP contribution in [0.4, 0.5) is 0 Å². The number of aromatic nitrogens is 4. The van der Waals surface area contributed by atoms with Crippen molar-refractivity contribution in [3.63, 3.8) is 0 Å². The van der Waals surface area contributed by atoms with Gasteiger partial charge in [0.1, 0.15) is 18.4 Å². The molecular formula is C22H21N5O2S2. The van der Waals surface area contributed by atoms with E-state index in [-0.39, 0.29) is 5.91 Å². The number of carbonyl (C=O) groups is 1. The summed E-state index contributed by atoms with van der Waals surface area (Å²) in [5.41, 5.74) is 1.79. The number of H-pyrrole nitrogens is 1. The summed E-state index contributed by atoms with van der Waals surface area (Å²) in [5, 5.41) is 12.0. The average Bonchev–Trinajstić information content (AvgIpc) is 3.46. The fraction of sp³-hybridized carbons (Fsp3) is 0.182. The van der Waals surface area contributed by atoms with Crippen LogP contribution in [0.5, 0.6) is 5.75 Å². The van der Waals surface area contributed by atoms with Crippen molar-refractivity contribution in [1.29, 1.82) is 0 Å². The largest absolute Gasteiger partial charge is 0.487 e. The third-order valence-corrected chi connectivity index (χ3v) is 5.84. The molecule has 1 aromatic carbocycles. The van der Waals surface area contributed by atoms with Gasteiger partial charge in [0.25, 0.3) is 0 Å². The molecule has 0 aliphatic carbocycles. The second kappa shape index (κ2) is 9.67. The van der Waals surface area contributed by atoms with E-state index in [1.807, 2.05) is 66.9 Å². The summed E-state index contributed by atoms with van der Waals surface area (Å²) < 4.78 is 7.97. The molecule has 0 aliphatic rings. The molecule has 0 saturated heterocycles. The van der Waals surface area contributed by atoms with Gasteiger partial charge in [-0.2, -0.15) is 5.10 Å². The van der Waals surface area contributed by atoms with Crippen molar-refractivity contribution >= 4 is 29.5 Å². The number of carbonyl (C=O) groups excluding carboxylic acids is 1. The lowest BCUT2D eigenvalue weighted by molar-refractivity contribution is -0.124. The molecule has 9 heteroatoms. The number of hydrogen-bond donors (Lipinski definition) is 2. The highest BCUT2D eigenvalue weighted by molar-refractivity contribution is 7.71. The molecule has 1 atom stereocenters. The molecule has 1 unspecified atom stereocenters. The predicted molar refractivity (Wildman–Crippen MR) is 122 cm³/mol. The lowest BCUT2D eigenvalue weighted by Crippen LogP contribution is -2.31. The standard InChI is InChI=1S/C22H21N5O2S2/c1-15(27-20(25-26-22(27)30)19-9-5-11-31-19)21(28)24-13-16-6-4-8-18(12-16)29-14-17-7-2-3-10-23-17/h2-12,15H,13-14H2,1H3,(H,24,28)(H,26,30). The van der Waals surface area contributed by atoms with Gasteiger partial charge in [0.15, 0.2) is 10.6 Å². The number of nitrogens with one attached hydrogen (secondary N) is 2. The monoisotopic (exact) mass is 451 g/mol. The van der Waals surface area contributed by atoms with Crippen molar-refractivity contribution in [2.24, 2.45) is 0 Å².